The first kappa shape index (κ1) is 15.8. The maximum Gasteiger partial charge on any atom is 0.243 e. The Hall–Kier alpha value is -1.57. The van der Waals surface area contributed by atoms with E-state index in [2.05, 4.69) is 4.98 Å². The van der Waals surface area contributed by atoms with Gasteiger partial charge in [0, 0.05) is 42.7 Å². The molecule has 1 heterocycles. The summed E-state index contributed by atoms with van der Waals surface area (Å²) in [7, 11) is -3.58. The highest BCUT2D eigenvalue weighted by molar-refractivity contribution is 7.89. The predicted octanol–water partition coefficient (Wildman–Crippen LogP) is 1.92. The molecule has 0 aliphatic carbocycles. The van der Waals surface area contributed by atoms with Crippen LogP contribution in [0.1, 0.15) is 13.3 Å². The fraction of sp³-hybridized carbons (Fsp3) is 0.286. The molecule has 0 fully saturated rings. The van der Waals surface area contributed by atoms with E-state index in [0.29, 0.717) is 23.3 Å². The summed E-state index contributed by atoms with van der Waals surface area (Å²) in [5.74, 6) is 0. The van der Waals surface area contributed by atoms with Crippen LogP contribution < -0.4 is 5.73 Å². The van der Waals surface area contributed by atoms with Gasteiger partial charge in [0.25, 0.3) is 0 Å². The van der Waals surface area contributed by atoms with E-state index in [9.17, 15) is 8.42 Å². The van der Waals surface area contributed by atoms with E-state index in [0.717, 1.165) is 5.39 Å². The third-order valence-electron chi connectivity index (χ3n) is 3.22. The van der Waals surface area contributed by atoms with Crippen LogP contribution in [0.5, 0.6) is 0 Å². The largest absolute Gasteiger partial charge is 0.393 e. The highest BCUT2D eigenvalue weighted by atomic mass is 32.2. The van der Waals surface area contributed by atoms with Crippen molar-refractivity contribution in [2.45, 2.75) is 18.2 Å². The molecular weight excluding hydrogens is 306 g/mol. The quantitative estimate of drug-likeness (QED) is 0.822. The summed E-state index contributed by atoms with van der Waals surface area (Å²) in [6.45, 7) is 2.45. The SMILES string of the molecule is CCN(CCC(N)=S)S(=O)(=O)c1cccc2cnccc12. The number of pyridine rings is 1. The van der Waals surface area contributed by atoms with Crippen molar-refractivity contribution in [3.05, 3.63) is 36.7 Å². The fourth-order valence-electron chi connectivity index (χ4n) is 2.14. The van der Waals surface area contributed by atoms with Crippen molar-refractivity contribution in [1.29, 1.82) is 0 Å². The van der Waals surface area contributed by atoms with E-state index >= 15 is 0 Å². The van der Waals surface area contributed by atoms with Crippen molar-refractivity contribution in [1.82, 2.24) is 9.29 Å². The summed E-state index contributed by atoms with van der Waals surface area (Å²) in [4.78, 5) is 4.61. The third kappa shape index (κ3) is 3.37. The van der Waals surface area contributed by atoms with Crippen LogP contribution in [-0.2, 0) is 10.0 Å². The summed E-state index contributed by atoms with van der Waals surface area (Å²) in [6, 6.07) is 6.88. The van der Waals surface area contributed by atoms with E-state index in [1.54, 1.807) is 37.5 Å². The van der Waals surface area contributed by atoms with Gasteiger partial charge in [-0.05, 0) is 12.1 Å². The summed E-state index contributed by atoms with van der Waals surface area (Å²) in [5, 5.41) is 1.46. The second kappa shape index (κ2) is 6.46. The molecule has 2 rings (SSSR count). The maximum atomic E-state index is 12.8. The molecule has 21 heavy (non-hydrogen) atoms. The van der Waals surface area contributed by atoms with Gasteiger partial charge in [-0.15, -0.1) is 0 Å². The second-order valence-corrected chi connectivity index (χ2v) is 7.00. The molecule has 0 saturated heterocycles. The molecule has 2 aromatic rings. The van der Waals surface area contributed by atoms with Crippen LogP contribution >= 0.6 is 12.2 Å². The van der Waals surface area contributed by atoms with Crippen molar-refractivity contribution in [3.8, 4) is 0 Å². The number of thiocarbonyl (C=S) groups is 1. The summed E-state index contributed by atoms with van der Waals surface area (Å²) in [5.41, 5.74) is 5.47. The van der Waals surface area contributed by atoms with Gasteiger partial charge in [0.1, 0.15) is 0 Å². The number of hydrogen-bond donors (Lipinski definition) is 1. The molecule has 2 N–H and O–H groups in total. The van der Waals surface area contributed by atoms with Crippen molar-refractivity contribution in [2.75, 3.05) is 13.1 Å². The smallest absolute Gasteiger partial charge is 0.243 e. The first-order valence-electron chi connectivity index (χ1n) is 6.58. The van der Waals surface area contributed by atoms with Crippen molar-refractivity contribution in [2.24, 2.45) is 5.73 Å². The van der Waals surface area contributed by atoms with Crippen molar-refractivity contribution < 1.29 is 8.42 Å². The van der Waals surface area contributed by atoms with E-state index in [1.165, 1.54) is 4.31 Å². The highest BCUT2D eigenvalue weighted by Crippen LogP contribution is 2.25. The lowest BCUT2D eigenvalue weighted by Gasteiger charge is -2.21. The fourth-order valence-corrected chi connectivity index (χ4v) is 3.90. The monoisotopic (exact) mass is 323 g/mol. The van der Waals surface area contributed by atoms with Crippen LogP contribution in [0.15, 0.2) is 41.6 Å². The number of aromatic nitrogens is 1. The van der Waals surface area contributed by atoms with Gasteiger partial charge in [-0.25, -0.2) is 8.42 Å². The van der Waals surface area contributed by atoms with E-state index in [4.69, 9.17) is 18.0 Å². The molecule has 0 saturated carbocycles. The summed E-state index contributed by atoms with van der Waals surface area (Å²) < 4.78 is 27.0. The zero-order chi connectivity index (χ0) is 15.5. The predicted molar refractivity (Wildman–Crippen MR) is 87.6 cm³/mol. The second-order valence-electron chi connectivity index (χ2n) is 4.57. The number of benzene rings is 1. The molecule has 0 atom stereocenters. The molecule has 0 amide bonds. The Kier molecular flexibility index (Phi) is 4.87. The van der Waals surface area contributed by atoms with Crippen LogP contribution in [0.4, 0.5) is 0 Å². The molecule has 1 aromatic carbocycles. The minimum Gasteiger partial charge on any atom is -0.393 e. The molecule has 112 valence electrons. The molecule has 0 aliphatic heterocycles. The van der Waals surface area contributed by atoms with E-state index in [-0.39, 0.29) is 11.4 Å². The number of sulfonamides is 1. The van der Waals surface area contributed by atoms with Gasteiger partial charge in [0.2, 0.25) is 10.0 Å². The van der Waals surface area contributed by atoms with Gasteiger partial charge < -0.3 is 5.73 Å². The van der Waals surface area contributed by atoms with Gasteiger partial charge in [0.05, 0.1) is 9.88 Å². The van der Waals surface area contributed by atoms with Crippen LogP contribution in [-0.4, -0.2) is 35.8 Å². The Morgan fingerprint density at radius 2 is 2.14 bits per heavy atom. The lowest BCUT2D eigenvalue weighted by atomic mass is 10.2. The average Bonchev–Trinajstić information content (AvgIpc) is 2.46. The number of fused-ring (bicyclic) bond motifs is 1. The molecule has 0 bridgehead atoms. The van der Waals surface area contributed by atoms with Gasteiger partial charge >= 0.3 is 0 Å². The molecule has 0 unspecified atom stereocenters. The molecule has 0 spiro atoms. The Morgan fingerprint density at radius 3 is 2.81 bits per heavy atom. The Bertz CT molecular complexity index is 754. The van der Waals surface area contributed by atoms with Gasteiger partial charge in [-0.3, -0.25) is 4.98 Å². The molecule has 1 aromatic heterocycles. The number of rotatable bonds is 6. The Morgan fingerprint density at radius 1 is 1.38 bits per heavy atom. The van der Waals surface area contributed by atoms with Gasteiger partial charge in [-0.2, -0.15) is 4.31 Å². The van der Waals surface area contributed by atoms with Crippen molar-refractivity contribution >= 4 is 38.0 Å². The minimum atomic E-state index is -3.58. The highest BCUT2D eigenvalue weighted by Gasteiger charge is 2.24. The van der Waals surface area contributed by atoms with Crippen LogP contribution in [0.25, 0.3) is 10.8 Å². The number of hydrogen-bond acceptors (Lipinski definition) is 4. The first-order chi connectivity index (χ1) is 9.96. The summed E-state index contributed by atoms with van der Waals surface area (Å²) >= 11 is 4.83. The van der Waals surface area contributed by atoms with Crippen molar-refractivity contribution in [3.63, 3.8) is 0 Å². The molecular formula is C14H17N3O2S2. The lowest BCUT2D eigenvalue weighted by molar-refractivity contribution is 0.438. The van der Waals surface area contributed by atoms with Gasteiger partial charge in [-0.1, -0.05) is 31.3 Å². The zero-order valence-electron chi connectivity index (χ0n) is 11.7. The zero-order valence-corrected chi connectivity index (χ0v) is 13.3. The molecule has 5 nitrogen and oxygen atoms in total. The lowest BCUT2D eigenvalue weighted by Crippen LogP contribution is -2.33. The topological polar surface area (TPSA) is 76.3 Å². The summed E-state index contributed by atoms with van der Waals surface area (Å²) in [6.07, 6.45) is 3.61. The number of nitrogens with zero attached hydrogens (tertiary/aromatic N) is 2. The molecule has 0 aliphatic rings. The Labute approximate surface area is 129 Å². The minimum absolute atomic E-state index is 0.284. The van der Waals surface area contributed by atoms with Gasteiger partial charge in [0.15, 0.2) is 0 Å². The maximum absolute atomic E-state index is 12.8. The van der Waals surface area contributed by atoms with Crippen LogP contribution in [0, 0.1) is 0 Å². The average molecular weight is 323 g/mol. The Balaban J connectivity index is 2.47. The van der Waals surface area contributed by atoms with E-state index in [1.807, 2.05) is 6.07 Å². The van der Waals surface area contributed by atoms with E-state index < -0.39 is 10.0 Å². The van der Waals surface area contributed by atoms with Crippen LogP contribution in [0.2, 0.25) is 0 Å². The standard InChI is InChI=1S/C14H17N3O2S2/c1-2-17(9-7-14(15)20)21(18,19)13-5-3-4-11-10-16-8-6-12(11)13/h3-6,8,10H,2,7,9H2,1H3,(H2,15,20). The number of nitrogens with two attached hydrogens (primary N) is 1. The first-order valence-corrected chi connectivity index (χ1v) is 8.43. The normalized spacial score (nSPS) is 11.9. The molecule has 7 heteroatoms. The molecule has 0 radical (unpaired) electrons. The van der Waals surface area contributed by atoms with Crippen LogP contribution in [0.3, 0.4) is 0 Å². The third-order valence-corrected chi connectivity index (χ3v) is 5.46.